The number of ketones is 1. The minimum atomic E-state index is -0.883. The summed E-state index contributed by atoms with van der Waals surface area (Å²) in [5, 5.41) is 0.457. The number of carbonyl (C=O) groups excluding carboxylic acids is 1. The molecule has 0 heterocycles. The lowest BCUT2D eigenvalue weighted by molar-refractivity contribution is -0.107. The van der Waals surface area contributed by atoms with Crippen molar-refractivity contribution in [1.82, 2.24) is 0 Å². The van der Waals surface area contributed by atoms with Gasteiger partial charge in [0.05, 0.1) is 12.1 Å². The Bertz CT molecular complexity index is 400. The molecular weight excluding hydrogens is 256 g/mol. The minimum absolute atomic E-state index is 0.242. The summed E-state index contributed by atoms with van der Waals surface area (Å²) in [6, 6.07) is 4.82. The maximum absolute atomic E-state index is 12.2. The summed E-state index contributed by atoms with van der Waals surface area (Å²) in [4.78, 5) is 12.2. The zero-order chi connectivity index (χ0) is 13.5. The van der Waals surface area contributed by atoms with E-state index in [2.05, 4.69) is 0 Å². The van der Waals surface area contributed by atoms with E-state index in [0.29, 0.717) is 29.5 Å². The number of Topliss-reactive ketones (excluding diaryl/α,β-unsaturated/α-hetero) is 1. The van der Waals surface area contributed by atoms with Gasteiger partial charge in [-0.2, -0.15) is 0 Å². The van der Waals surface area contributed by atoms with Gasteiger partial charge < -0.3 is 14.2 Å². The standard InChI is InChI=1S/C13H17ClO4/c1-4-17-13(18-5-2)12(15)9-6-7-10(14)11(8-9)16-3/h6-8,13H,4-5H2,1-3H3. The van der Waals surface area contributed by atoms with Crippen molar-refractivity contribution in [1.29, 1.82) is 0 Å². The Kier molecular flexibility index (Phi) is 6.12. The average Bonchev–Trinajstić information content (AvgIpc) is 2.38. The smallest absolute Gasteiger partial charge is 0.222 e. The SMILES string of the molecule is CCOC(OCC)C(=O)c1ccc(Cl)c(OC)c1. The van der Waals surface area contributed by atoms with E-state index < -0.39 is 6.29 Å². The molecule has 0 unspecified atom stereocenters. The largest absolute Gasteiger partial charge is 0.495 e. The highest BCUT2D eigenvalue weighted by Gasteiger charge is 2.21. The number of hydrogen-bond acceptors (Lipinski definition) is 4. The third kappa shape index (κ3) is 3.70. The van der Waals surface area contributed by atoms with Crippen LogP contribution in [0.2, 0.25) is 5.02 Å². The Morgan fingerprint density at radius 2 is 1.89 bits per heavy atom. The van der Waals surface area contributed by atoms with Crippen molar-refractivity contribution >= 4 is 17.4 Å². The number of methoxy groups -OCH3 is 1. The maximum atomic E-state index is 12.2. The van der Waals surface area contributed by atoms with Crippen LogP contribution in [0.1, 0.15) is 24.2 Å². The zero-order valence-electron chi connectivity index (χ0n) is 10.7. The molecule has 0 saturated heterocycles. The molecule has 0 radical (unpaired) electrons. The number of halogens is 1. The summed E-state index contributed by atoms with van der Waals surface area (Å²) >= 11 is 5.90. The Balaban J connectivity index is 2.93. The molecule has 18 heavy (non-hydrogen) atoms. The van der Waals surface area contributed by atoms with Gasteiger partial charge in [0.15, 0.2) is 0 Å². The highest BCUT2D eigenvalue weighted by atomic mass is 35.5. The van der Waals surface area contributed by atoms with Gasteiger partial charge in [-0.15, -0.1) is 0 Å². The molecule has 0 aliphatic carbocycles. The van der Waals surface area contributed by atoms with E-state index in [-0.39, 0.29) is 5.78 Å². The zero-order valence-corrected chi connectivity index (χ0v) is 11.5. The van der Waals surface area contributed by atoms with Crippen LogP contribution >= 0.6 is 11.6 Å². The van der Waals surface area contributed by atoms with E-state index in [0.717, 1.165) is 0 Å². The fraction of sp³-hybridized carbons (Fsp3) is 0.462. The van der Waals surface area contributed by atoms with Gasteiger partial charge in [-0.1, -0.05) is 11.6 Å². The summed E-state index contributed by atoms with van der Waals surface area (Å²) < 4.78 is 15.6. The number of hydrogen-bond donors (Lipinski definition) is 0. The number of rotatable bonds is 7. The second-order valence-corrected chi connectivity index (χ2v) is 3.86. The first-order valence-electron chi connectivity index (χ1n) is 5.75. The van der Waals surface area contributed by atoms with E-state index in [9.17, 15) is 4.79 Å². The Morgan fingerprint density at radius 1 is 1.28 bits per heavy atom. The Labute approximate surface area is 112 Å². The molecule has 4 nitrogen and oxygen atoms in total. The molecule has 0 amide bonds. The van der Waals surface area contributed by atoms with Crippen LogP contribution < -0.4 is 4.74 Å². The first-order valence-corrected chi connectivity index (χ1v) is 6.12. The predicted octanol–water partition coefficient (Wildman–Crippen LogP) is 2.93. The van der Waals surface area contributed by atoms with Crippen molar-refractivity contribution in [3.05, 3.63) is 28.8 Å². The molecule has 0 fully saturated rings. The molecule has 0 N–H and O–H groups in total. The third-order valence-corrected chi connectivity index (χ3v) is 2.60. The van der Waals surface area contributed by atoms with Gasteiger partial charge in [0, 0.05) is 18.8 Å². The summed E-state index contributed by atoms with van der Waals surface area (Å²) in [6.45, 7) is 4.42. The van der Waals surface area contributed by atoms with Crippen LogP contribution in [-0.2, 0) is 9.47 Å². The van der Waals surface area contributed by atoms with Crippen molar-refractivity contribution in [3.63, 3.8) is 0 Å². The van der Waals surface area contributed by atoms with Crippen molar-refractivity contribution < 1.29 is 19.0 Å². The second-order valence-electron chi connectivity index (χ2n) is 3.46. The quantitative estimate of drug-likeness (QED) is 0.565. The molecule has 1 rings (SSSR count). The minimum Gasteiger partial charge on any atom is -0.495 e. The molecule has 0 aliphatic heterocycles. The monoisotopic (exact) mass is 272 g/mol. The summed E-state index contributed by atoms with van der Waals surface area (Å²) in [7, 11) is 1.50. The van der Waals surface area contributed by atoms with Crippen LogP contribution in [-0.4, -0.2) is 32.4 Å². The lowest BCUT2D eigenvalue weighted by Gasteiger charge is -2.16. The Morgan fingerprint density at radius 3 is 2.39 bits per heavy atom. The molecular formula is C13H17ClO4. The fourth-order valence-corrected chi connectivity index (χ4v) is 1.65. The normalized spacial score (nSPS) is 10.7. The molecule has 0 bridgehead atoms. The molecule has 100 valence electrons. The van der Waals surface area contributed by atoms with E-state index >= 15 is 0 Å². The maximum Gasteiger partial charge on any atom is 0.222 e. The van der Waals surface area contributed by atoms with Crippen LogP contribution in [0.3, 0.4) is 0 Å². The lowest BCUT2D eigenvalue weighted by atomic mass is 10.1. The van der Waals surface area contributed by atoms with Crippen molar-refractivity contribution in [2.75, 3.05) is 20.3 Å². The van der Waals surface area contributed by atoms with Crippen LogP contribution in [0.4, 0.5) is 0 Å². The summed E-state index contributed by atoms with van der Waals surface area (Å²) in [5.74, 6) is 0.211. The van der Waals surface area contributed by atoms with E-state index in [1.54, 1.807) is 18.2 Å². The molecule has 0 spiro atoms. The molecule has 0 aromatic heterocycles. The van der Waals surface area contributed by atoms with Crippen molar-refractivity contribution in [2.24, 2.45) is 0 Å². The highest BCUT2D eigenvalue weighted by molar-refractivity contribution is 6.32. The number of benzene rings is 1. The van der Waals surface area contributed by atoms with Crippen LogP contribution in [0.5, 0.6) is 5.75 Å². The number of carbonyl (C=O) groups is 1. The molecule has 0 saturated carbocycles. The van der Waals surface area contributed by atoms with Crippen LogP contribution in [0, 0.1) is 0 Å². The third-order valence-electron chi connectivity index (χ3n) is 2.29. The first kappa shape index (κ1) is 15.0. The van der Waals surface area contributed by atoms with Crippen molar-refractivity contribution in [3.8, 4) is 5.75 Å². The topological polar surface area (TPSA) is 44.8 Å². The van der Waals surface area contributed by atoms with Crippen LogP contribution in [0.15, 0.2) is 18.2 Å². The van der Waals surface area contributed by atoms with Gasteiger partial charge in [-0.3, -0.25) is 4.79 Å². The molecule has 1 aromatic carbocycles. The highest BCUT2D eigenvalue weighted by Crippen LogP contribution is 2.25. The molecule has 1 aromatic rings. The lowest BCUT2D eigenvalue weighted by Crippen LogP contribution is -2.27. The van der Waals surface area contributed by atoms with Gasteiger partial charge in [-0.05, 0) is 32.0 Å². The fourth-order valence-electron chi connectivity index (χ4n) is 1.45. The number of ether oxygens (including phenoxy) is 3. The van der Waals surface area contributed by atoms with Crippen molar-refractivity contribution in [2.45, 2.75) is 20.1 Å². The summed E-state index contributed by atoms with van der Waals surface area (Å²) in [5.41, 5.74) is 0.447. The Hall–Kier alpha value is -1.10. The first-order chi connectivity index (χ1) is 8.63. The summed E-state index contributed by atoms with van der Waals surface area (Å²) in [6.07, 6.45) is -0.883. The average molecular weight is 273 g/mol. The van der Waals surface area contributed by atoms with Gasteiger partial charge >= 0.3 is 0 Å². The molecule has 0 atom stereocenters. The van der Waals surface area contributed by atoms with E-state index in [1.165, 1.54) is 7.11 Å². The van der Waals surface area contributed by atoms with Gasteiger partial charge in [0.25, 0.3) is 0 Å². The van der Waals surface area contributed by atoms with Gasteiger partial charge in [0.2, 0.25) is 12.1 Å². The van der Waals surface area contributed by atoms with Crippen LogP contribution in [0.25, 0.3) is 0 Å². The van der Waals surface area contributed by atoms with Gasteiger partial charge in [0.1, 0.15) is 5.75 Å². The second kappa shape index (κ2) is 7.36. The molecule has 0 aliphatic rings. The predicted molar refractivity (Wildman–Crippen MR) is 69.4 cm³/mol. The van der Waals surface area contributed by atoms with E-state index in [1.807, 2.05) is 13.8 Å². The van der Waals surface area contributed by atoms with E-state index in [4.69, 9.17) is 25.8 Å². The van der Waals surface area contributed by atoms with Gasteiger partial charge in [-0.25, -0.2) is 0 Å². The molecule has 5 heteroatoms.